The van der Waals surface area contributed by atoms with Gasteiger partial charge in [0.1, 0.15) is 0 Å². The normalized spacial score (nSPS) is 30.7. The van der Waals surface area contributed by atoms with Gasteiger partial charge in [-0.3, -0.25) is 4.79 Å². The van der Waals surface area contributed by atoms with Gasteiger partial charge >= 0.3 is 0 Å². The fourth-order valence-electron chi connectivity index (χ4n) is 1.09. The Morgan fingerprint density at radius 2 is 2.30 bits per heavy atom. The second-order valence-electron chi connectivity index (χ2n) is 2.63. The Labute approximate surface area is 57.4 Å². The highest BCUT2D eigenvalue weighted by atomic mass is 19.3. The number of alkyl halides is 2. The number of hydrogen-bond donors (Lipinski definition) is 1. The van der Waals surface area contributed by atoms with Crippen molar-refractivity contribution >= 4 is 5.91 Å². The van der Waals surface area contributed by atoms with Gasteiger partial charge in [0.25, 0.3) is 0 Å². The molecule has 1 fully saturated rings. The Bertz CT molecular complexity index is 149. The molecule has 0 spiro atoms. The average Bonchev–Trinajstić information content (AvgIpc) is 2.43. The van der Waals surface area contributed by atoms with Crippen LogP contribution in [-0.4, -0.2) is 12.3 Å². The first-order valence-electron chi connectivity index (χ1n) is 3.18. The minimum atomic E-state index is -2.30. The molecule has 2 nitrogen and oxygen atoms in total. The summed E-state index contributed by atoms with van der Waals surface area (Å²) in [6.07, 6.45) is -1.91. The predicted molar refractivity (Wildman–Crippen MR) is 31.4 cm³/mol. The van der Waals surface area contributed by atoms with Gasteiger partial charge in [-0.2, -0.15) is 0 Å². The van der Waals surface area contributed by atoms with Crippen molar-refractivity contribution in [2.45, 2.75) is 19.3 Å². The predicted octanol–water partition coefficient (Wildman–Crippen LogP) is 0.763. The maximum Gasteiger partial charge on any atom is 0.238 e. The smallest absolute Gasteiger partial charge is 0.238 e. The maximum absolute atomic E-state index is 11.6. The average molecular weight is 149 g/mol. The Kier molecular flexibility index (Phi) is 1.87. The van der Waals surface area contributed by atoms with Gasteiger partial charge in [0, 0.05) is 12.3 Å². The van der Waals surface area contributed by atoms with Crippen LogP contribution in [0.3, 0.4) is 0 Å². The van der Waals surface area contributed by atoms with Gasteiger partial charge in [-0.1, -0.05) is 0 Å². The molecule has 0 heterocycles. The third-order valence-corrected chi connectivity index (χ3v) is 1.77. The third kappa shape index (κ3) is 1.65. The molecule has 0 radical (unpaired) electrons. The van der Waals surface area contributed by atoms with Crippen molar-refractivity contribution in [2.24, 2.45) is 17.6 Å². The lowest BCUT2D eigenvalue weighted by atomic mass is 10.2. The summed E-state index contributed by atoms with van der Waals surface area (Å²) in [5.74, 6) is -0.850. The van der Waals surface area contributed by atoms with Gasteiger partial charge in [-0.25, -0.2) is 8.78 Å². The summed E-state index contributed by atoms with van der Waals surface area (Å²) in [4.78, 5) is 10.3. The molecule has 0 aromatic heterocycles. The second-order valence-corrected chi connectivity index (χ2v) is 2.63. The van der Waals surface area contributed by atoms with E-state index in [2.05, 4.69) is 0 Å². The molecule has 2 N–H and O–H groups in total. The van der Waals surface area contributed by atoms with Crippen molar-refractivity contribution in [2.75, 3.05) is 0 Å². The van der Waals surface area contributed by atoms with Crippen molar-refractivity contribution in [1.29, 1.82) is 0 Å². The first-order valence-corrected chi connectivity index (χ1v) is 3.18. The van der Waals surface area contributed by atoms with Crippen molar-refractivity contribution in [3.05, 3.63) is 0 Å². The summed E-state index contributed by atoms with van der Waals surface area (Å²) in [5, 5.41) is 0. The third-order valence-electron chi connectivity index (χ3n) is 1.77. The summed E-state index contributed by atoms with van der Waals surface area (Å²) in [7, 11) is 0. The van der Waals surface area contributed by atoms with Crippen molar-refractivity contribution in [3.8, 4) is 0 Å². The number of hydrogen-bond acceptors (Lipinski definition) is 1. The Morgan fingerprint density at radius 3 is 2.60 bits per heavy atom. The van der Waals surface area contributed by atoms with E-state index < -0.39 is 12.3 Å². The van der Waals surface area contributed by atoms with Crippen LogP contribution in [0.5, 0.6) is 0 Å². The van der Waals surface area contributed by atoms with Crippen molar-refractivity contribution in [3.63, 3.8) is 0 Å². The molecule has 2 atom stereocenters. The first kappa shape index (κ1) is 7.44. The molecule has 1 aliphatic rings. The molecule has 0 bridgehead atoms. The summed E-state index contributed by atoms with van der Waals surface area (Å²) in [6, 6.07) is 0. The maximum atomic E-state index is 11.6. The van der Waals surface area contributed by atoms with Gasteiger partial charge in [-0.05, 0) is 12.3 Å². The van der Waals surface area contributed by atoms with Crippen LogP contribution in [0, 0.1) is 11.8 Å². The largest absolute Gasteiger partial charge is 0.369 e. The topological polar surface area (TPSA) is 43.1 Å². The lowest BCUT2D eigenvalue weighted by Gasteiger charge is -1.94. The van der Waals surface area contributed by atoms with Crippen LogP contribution in [0.1, 0.15) is 12.8 Å². The first-order chi connectivity index (χ1) is 4.61. The van der Waals surface area contributed by atoms with E-state index in [-0.39, 0.29) is 18.3 Å². The number of halogens is 2. The van der Waals surface area contributed by atoms with E-state index in [1.807, 2.05) is 0 Å². The van der Waals surface area contributed by atoms with E-state index in [1.54, 1.807) is 0 Å². The molecule has 0 aromatic rings. The monoisotopic (exact) mass is 149 g/mol. The zero-order chi connectivity index (χ0) is 7.72. The minimum Gasteiger partial charge on any atom is -0.369 e. The van der Waals surface area contributed by atoms with Gasteiger partial charge in [-0.15, -0.1) is 0 Å². The molecule has 1 unspecified atom stereocenters. The lowest BCUT2D eigenvalue weighted by Crippen LogP contribution is -2.14. The Hall–Kier alpha value is -0.670. The number of rotatable bonds is 3. The SMILES string of the molecule is NC(=O)[C@H]1CC1CC(F)F. The molecule has 1 amide bonds. The van der Waals surface area contributed by atoms with E-state index in [1.165, 1.54) is 0 Å². The zero-order valence-electron chi connectivity index (χ0n) is 5.39. The summed E-state index contributed by atoms with van der Waals surface area (Å²) >= 11 is 0. The molecule has 1 saturated carbocycles. The Morgan fingerprint density at radius 1 is 1.70 bits per heavy atom. The molecule has 1 rings (SSSR count). The lowest BCUT2D eigenvalue weighted by molar-refractivity contribution is -0.119. The molecule has 0 saturated heterocycles. The highest BCUT2D eigenvalue weighted by molar-refractivity contribution is 5.79. The molecule has 0 aliphatic heterocycles. The summed E-state index contributed by atoms with van der Waals surface area (Å²) in [5.41, 5.74) is 4.88. The van der Waals surface area contributed by atoms with Crippen LogP contribution < -0.4 is 5.73 Å². The molecule has 4 heteroatoms. The van der Waals surface area contributed by atoms with E-state index >= 15 is 0 Å². The van der Waals surface area contributed by atoms with Crippen LogP contribution in [0.15, 0.2) is 0 Å². The number of amides is 1. The van der Waals surface area contributed by atoms with Crippen LogP contribution in [0.25, 0.3) is 0 Å². The highest BCUT2D eigenvalue weighted by Crippen LogP contribution is 2.42. The quantitative estimate of drug-likeness (QED) is 0.632. The van der Waals surface area contributed by atoms with Crippen LogP contribution >= 0.6 is 0 Å². The number of carbonyl (C=O) groups excluding carboxylic acids is 1. The van der Waals surface area contributed by atoms with Crippen LogP contribution in [-0.2, 0) is 4.79 Å². The fraction of sp³-hybridized carbons (Fsp3) is 0.833. The second kappa shape index (κ2) is 2.52. The van der Waals surface area contributed by atoms with E-state index in [4.69, 9.17) is 5.73 Å². The molecular weight excluding hydrogens is 140 g/mol. The summed E-state index contributed by atoms with van der Waals surface area (Å²) < 4.78 is 23.2. The van der Waals surface area contributed by atoms with Crippen molar-refractivity contribution < 1.29 is 13.6 Å². The molecule has 58 valence electrons. The van der Waals surface area contributed by atoms with E-state index in [0.717, 1.165) is 0 Å². The van der Waals surface area contributed by atoms with Gasteiger partial charge in [0.2, 0.25) is 12.3 Å². The van der Waals surface area contributed by atoms with E-state index in [0.29, 0.717) is 6.42 Å². The summed E-state index contributed by atoms with van der Waals surface area (Å²) in [6.45, 7) is 0. The van der Waals surface area contributed by atoms with Gasteiger partial charge in [0.15, 0.2) is 0 Å². The molecule has 1 aliphatic carbocycles. The van der Waals surface area contributed by atoms with Crippen LogP contribution in [0.2, 0.25) is 0 Å². The highest BCUT2D eigenvalue weighted by Gasteiger charge is 2.42. The van der Waals surface area contributed by atoms with Gasteiger partial charge < -0.3 is 5.73 Å². The van der Waals surface area contributed by atoms with Crippen molar-refractivity contribution in [1.82, 2.24) is 0 Å². The Balaban J connectivity index is 2.20. The fourth-order valence-corrected chi connectivity index (χ4v) is 1.09. The molecular formula is C6H9F2NO. The number of primary amides is 1. The minimum absolute atomic E-state index is 0.141. The number of nitrogens with two attached hydrogens (primary N) is 1. The molecule has 10 heavy (non-hydrogen) atoms. The molecule has 0 aromatic carbocycles. The number of carbonyl (C=O) groups is 1. The van der Waals surface area contributed by atoms with Gasteiger partial charge in [0.05, 0.1) is 0 Å². The van der Waals surface area contributed by atoms with Crippen LogP contribution in [0.4, 0.5) is 8.78 Å². The zero-order valence-corrected chi connectivity index (χ0v) is 5.39. The standard InChI is InChI=1S/C6H9F2NO/c7-5(8)2-3-1-4(3)6(9)10/h3-5H,1-2H2,(H2,9,10)/t3?,4-/m0/s1. The van der Waals surface area contributed by atoms with E-state index in [9.17, 15) is 13.6 Å².